The summed E-state index contributed by atoms with van der Waals surface area (Å²) in [7, 11) is 3.35. The third kappa shape index (κ3) is 4.96. The quantitative estimate of drug-likeness (QED) is 0.537. The van der Waals surface area contributed by atoms with E-state index >= 15 is 0 Å². The minimum absolute atomic E-state index is 0.101. The van der Waals surface area contributed by atoms with Crippen LogP contribution < -0.4 is 16.0 Å². The first-order valence-electron chi connectivity index (χ1n) is 10.4. The average molecular weight is 446 g/mol. The predicted molar refractivity (Wildman–Crippen MR) is 117 cm³/mol. The number of nitrogen functional groups attached to an aromatic ring is 1. The number of hydrogen-bond donors (Lipinski definition) is 3. The van der Waals surface area contributed by atoms with Gasteiger partial charge in [0, 0.05) is 27.1 Å². The molecule has 4 N–H and O–H groups in total. The number of likely N-dealkylation sites (N-methyl/N-ethyl adjacent to an activating group) is 1. The number of carbonyl (C=O) groups is 2. The predicted octanol–water partition coefficient (Wildman–Crippen LogP) is -0.418. The van der Waals surface area contributed by atoms with E-state index in [2.05, 4.69) is 25.6 Å². The standard InChI is InChI=1S/C20H31N9O3/c1-20(2,3)17(19(32)28-11-13(30)6-14(28)18(31)22-4)29-10-12(25-26-29)9-27(5)16-8-23-15(21)7-24-16/h7-8,10,13-14,17,30H,6,9,11H2,1-5H3,(H2,21,23)(H,22,31)/t13?,14-,17?/m1/s1. The van der Waals surface area contributed by atoms with E-state index in [0.29, 0.717) is 23.9 Å². The van der Waals surface area contributed by atoms with Gasteiger partial charge in [-0.3, -0.25) is 9.59 Å². The van der Waals surface area contributed by atoms with E-state index in [4.69, 9.17) is 5.73 Å². The van der Waals surface area contributed by atoms with Crippen molar-refractivity contribution >= 4 is 23.5 Å². The van der Waals surface area contributed by atoms with Crippen LogP contribution in [0.15, 0.2) is 18.6 Å². The molecule has 12 heteroatoms. The fourth-order valence-corrected chi connectivity index (χ4v) is 3.87. The molecule has 174 valence electrons. The van der Waals surface area contributed by atoms with Crippen LogP contribution in [0.3, 0.4) is 0 Å². The monoisotopic (exact) mass is 445 g/mol. The largest absolute Gasteiger partial charge is 0.391 e. The minimum atomic E-state index is -0.747. The first-order valence-corrected chi connectivity index (χ1v) is 10.4. The van der Waals surface area contributed by atoms with Gasteiger partial charge in [-0.05, 0) is 5.41 Å². The van der Waals surface area contributed by atoms with Crippen molar-refractivity contribution in [2.75, 3.05) is 31.3 Å². The van der Waals surface area contributed by atoms with Crippen LogP contribution in [0, 0.1) is 5.41 Å². The summed E-state index contributed by atoms with van der Waals surface area (Å²) in [4.78, 5) is 37.4. The Bertz CT molecular complexity index is 954. The number of aliphatic hydroxyl groups excluding tert-OH is 1. The number of amides is 2. The summed E-state index contributed by atoms with van der Waals surface area (Å²) >= 11 is 0. The molecule has 3 atom stereocenters. The van der Waals surface area contributed by atoms with E-state index < -0.39 is 23.6 Å². The van der Waals surface area contributed by atoms with Crippen LogP contribution in [0.1, 0.15) is 38.9 Å². The highest BCUT2D eigenvalue weighted by molar-refractivity contribution is 5.90. The van der Waals surface area contributed by atoms with Crippen molar-refractivity contribution < 1.29 is 14.7 Å². The maximum atomic E-state index is 13.6. The molecule has 3 heterocycles. The van der Waals surface area contributed by atoms with Crippen LogP contribution >= 0.6 is 0 Å². The number of hydrogen-bond acceptors (Lipinski definition) is 9. The van der Waals surface area contributed by atoms with Gasteiger partial charge in [-0.2, -0.15) is 0 Å². The van der Waals surface area contributed by atoms with Gasteiger partial charge >= 0.3 is 0 Å². The van der Waals surface area contributed by atoms with Gasteiger partial charge in [-0.25, -0.2) is 14.6 Å². The number of aromatic nitrogens is 5. The molecule has 2 unspecified atom stereocenters. The van der Waals surface area contributed by atoms with Gasteiger partial charge in [-0.15, -0.1) is 5.10 Å². The number of likely N-dealkylation sites (tertiary alicyclic amines) is 1. The molecule has 3 rings (SSSR count). The van der Waals surface area contributed by atoms with Crippen LogP contribution in [-0.2, 0) is 16.1 Å². The number of anilines is 2. The molecule has 1 aliphatic heterocycles. The number of nitrogens with one attached hydrogen (secondary N) is 1. The number of aliphatic hydroxyl groups is 1. The third-order valence-electron chi connectivity index (χ3n) is 5.44. The lowest BCUT2D eigenvalue weighted by Crippen LogP contribution is -2.49. The third-order valence-corrected chi connectivity index (χ3v) is 5.44. The molecule has 1 aliphatic rings. The fraction of sp³-hybridized carbons (Fsp3) is 0.600. The Morgan fingerprint density at radius 1 is 1.34 bits per heavy atom. The van der Waals surface area contributed by atoms with E-state index in [-0.39, 0.29) is 24.8 Å². The van der Waals surface area contributed by atoms with Crippen LogP contribution in [-0.4, -0.2) is 79.6 Å². The summed E-state index contributed by atoms with van der Waals surface area (Å²) < 4.78 is 1.53. The fourth-order valence-electron chi connectivity index (χ4n) is 3.87. The van der Waals surface area contributed by atoms with Gasteiger partial charge in [0.05, 0.1) is 31.2 Å². The van der Waals surface area contributed by atoms with E-state index in [1.165, 1.54) is 22.8 Å². The summed E-state index contributed by atoms with van der Waals surface area (Å²) in [6.07, 6.45) is 4.22. The summed E-state index contributed by atoms with van der Waals surface area (Å²) in [6, 6.07) is -1.42. The van der Waals surface area contributed by atoms with Gasteiger partial charge < -0.3 is 26.0 Å². The van der Waals surface area contributed by atoms with Crippen molar-refractivity contribution in [1.29, 1.82) is 0 Å². The van der Waals surface area contributed by atoms with Crippen LogP contribution in [0.5, 0.6) is 0 Å². The van der Waals surface area contributed by atoms with Crippen molar-refractivity contribution in [3.63, 3.8) is 0 Å². The number of nitrogens with two attached hydrogens (primary N) is 1. The van der Waals surface area contributed by atoms with Crippen LogP contribution in [0.2, 0.25) is 0 Å². The molecule has 1 fully saturated rings. The van der Waals surface area contributed by atoms with Gasteiger partial charge in [0.1, 0.15) is 29.4 Å². The average Bonchev–Trinajstić information content (AvgIpc) is 3.33. The normalized spacial score (nSPS) is 19.6. The van der Waals surface area contributed by atoms with Gasteiger partial charge in [0.2, 0.25) is 11.8 Å². The first kappa shape index (κ1) is 23.4. The Morgan fingerprint density at radius 2 is 2.06 bits per heavy atom. The number of carbonyl (C=O) groups excluding carboxylic acids is 2. The topological polar surface area (TPSA) is 155 Å². The zero-order chi connectivity index (χ0) is 23.6. The maximum Gasteiger partial charge on any atom is 0.248 e. The van der Waals surface area contributed by atoms with Crippen LogP contribution in [0.25, 0.3) is 0 Å². The molecule has 0 aliphatic carbocycles. The molecule has 12 nitrogen and oxygen atoms in total. The molecule has 2 aromatic rings. The molecule has 2 amide bonds. The van der Waals surface area contributed by atoms with Gasteiger partial charge in [0.25, 0.3) is 0 Å². The van der Waals surface area contributed by atoms with Crippen molar-refractivity contribution in [3.8, 4) is 0 Å². The lowest BCUT2D eigenvalue weighted by molar-refractivity contribution is -0.144. The second-order valence-electron chi connectivity index (χ2n) is 9.12. The first-order chi connectivity index (χ1) is 15.0. The molecule has 0 bridgehead atoms. The number of nitrogens with zero attached hydrogens (tertiary/aromatic N) is 7. The Hall–Kier alpha value is -3.28. The maximum absolute atomic E-state index is 13.6. The molecule has 0 saturated carbocycles. The molecule has 0 spiro atoms. The summed E-state index contributed by atoms with van der Waals surface area (Å²) in [5.41, 5.74) is 5.71. The van der Waals surface area contributed by atoms with Gasteiger partial charge in [0.15, 0.2) is 0 Å². The van der Waals surface area contributed by atoms with E-state index in [9.17, 15) is 14.7 Å². The summed E-state index contributed by atoms with van der Waals surface area (Å²) in [6.45, 7) is 6.27. The van der Waals surface area contributed by atoms with E-state index in [0.717, 1.165) is 0 Å². The Balaban J connectivity index is 1.83. The Labute approximate surface area is 186 Å². The molecule has 32 heavy (non-hydrogen) atoms. The molecular weight excluding hydrogens is 414 g/mol. The molecule has 2 aromatic heterocycles. The highest BCUT2D eigenvalue weighted by Crippen LogP contribution is 2.34. The minimum Gasteiger partial charge on any atom is -0.391 e. The van der Waals surface area contributed by atoms with E-state index in [1.54, 1.807) is 12.4 Å². The second kappa shape index (κ2) is 9.07. The lowest BCUT2D eigenvalue weighted by Gasteiger charge is -2.34. The molecule has 1 saturated heterocycles. The van der Waals surface area contributed by atoms with Crippen molar-refractivity contribution in [3.05, 3.63) is 24.3 Å². The summed E-state index contributed by atoms with van der Waals surface area (Å²) in [5, 5.41) is 21.1. The van der Waals surface area contributed by atoms with Crippen LogP contribution in [0.4, 0.5) is 11.6 Å². The molecule has 0 radical (unpaired) electrons. The summed E-state index contributed by atoms with van der Waals surface area (Å²) in [5.74, 6) is 0.378. The molecule has 0 aromatic carbocycles. The van der Waals surface area contributed by atoms with Crippen molar-refractivity contribution in [2.24, 2.45) is 5.41 Å². The van der Waals surface area contributed by atoms with Crippen molar-refractivity contribution in [1.82, 2.24) is 35.2 Å². The zero-order valence-corrected chi connectivity index (χ0v) is 19.1. The highest BCUT2D eigenvalue weighted by atomic mass is 16.3. The Kier molecular flexibility index (Phi) is 6.63. The van der Waals surface area contributed by atoms with E-state index in [1.807, 2.05) is 32.7 Å². The lowest BCUT2D eigenvalue weighted by atomic mass is 9.85. The molecular formula is C20H31N9O3. The smallest absolute Gasteiger partial charge is 0.248 e. The second-order valence-corrected chi connectivity index (χ2v) is 9.12. The SMILES string of the molecule is CNC(=O)[C@H]1CC(O)CN1C(=O)C(n1cc(CN(C)c2cnc(N)cn2)nn1)C(C)(C)C. The number of rotatable bonds is 6. The van der Waals surface area contributed by atoms with Crippen molar-refractivity contribution in [2.45, 2.75) is 51.9 Å². The number of β-amino-alcohol motifs (C(OH)–C–C–N with tert-alkyl or cyclic N) is 1. The zero-order valence-electron chi connectivity index (χ0n) is 19.1. The Morgan fingerprint density at radius 3 is 2.66 bits per heavy atom. The van der Waals surface area contributed by atoms with Gasteiger partial charge in [-0.1, -0.05) is 26.0 Å². The highest BCUT2D eigenvalue weighted by Gasteiger charge is 2.45.